The van der Waals surface area contributed by atoms with Crippen LogP contribution in [0, 0.1) is 0 Å². The van der Waals surface area contributed by atoms with Gasteiger partial charge in [0.25, 0.3) is 0 Å². The molecule has 102 valence electrons. The molecule has 3 aromatic heterocycles. The number of hydrogen-bond acceptors (Lipinski definition) is 7. The zero-order valence-electron chi connectivity index (χ0n) is 10.9. The van der Waals surface area contributed by atoms with Gasteiger partial charge in [-0.05, 0) is 19.1 Å². The Labute approximate surface area is 114 Å². The van der Waals surface area contributed by atoms with Gasteiger partial charge in [0.15, 0.2) is 11.9 Å². The van der Waals surface area contributed by atoms with E-state index in [9.17, 15) is 0 Å². The molecule has 0 aliphatic rings. The highest BCUT2D eigenvalue weighted by Crippen LogP contribution is 2.22. The Balaban J connectivity index is 1.84. The predicted molar refractivity (Wildman–Crippen MR) is 67.5 cm³/mol. The lowest BCUT2D eigenvalue weighted by Crippen LogP contribution is -2.09. The number of aromatic nitrogens is 8. The van der Waals surface area contributed by atoms with Gasteiger partial charge in [-0.1, -0.05) is 10.3 Å². The molecule has 0 aromatic carbocycles. The summed E-state index contributed by atoms with van der Waals surface area (Å²) in [6.45, 7) is 1.81. The van der Waals surface area contributed by atoms with Crippen LogP contribution in [0.15, 0.2) is 24.5 Å². The number of pyridine rings is 1. The fourth-order valence-corrected chi connectivity index (χ4v) is 1.72. The lowest BCUT2D eigenvalue weighted by Gasteiger charge is -2.09. The molecule has 9 nitrogen and oxygen atoms in total. The van der Waals surface area contributed by atoms with Crippen molar-refractivity contribution >= 4 is 0 Å². The summed E-state index contributed by atoms with van der Waals surface area (Å²) in [6, 6.07) is 4.10. The number of rotatable bonds is 4. The third-order valence-electron chi connectivity index (χ3n) is 2.78. The molecule has 1 N–H and O–H groups in total. The van der Waals surface area contributed by atoms with Gasteiger partial charge in [0.2, 0.25) is 5.82 Å². The molecule has 3 aromatic rings. The van der Waals surface area contributed by atoms with Gasteiger partial charge >= 0.3 is 6.01 Å². The Morgan fingerprint density at radius 3 is 2.70 bits per heavy atom. The average molecular weight is 272 g/mol. The Kier molecular flexibility index (Phi) is 3.07. The molecule has 3 rings (SSSR count). The zero-order chi connectivity index (χ0) is 13.9. The number of ether oxygens (including phenoxy) is 1. The van der Waals surface area contributed by atoms with E-state index in [1.165, 1.54) is 0 Å². The highest BCUT2D eigenvalue weighted by atomic mass is 16.5. The molecular formula is C11H12N8O. The van der Waals surface area contributed by atoms with Gasteiger partial charge in [0.05, 0.1) is 0 Å². The van der Waals surface area contributed by atoms with E-state index in [1.54, 1.807) is 17.0 Å². The molecule has 0 aliphatic heterocycles. The van der Waals surface area contributed by atoms with Crippen molar-refractivity contribution in [3.05, 3.63) is 30.4 Å². The fraction of sp³-hybridized carbons (Fsp3) is 0.273. The molecule has 0 saturated carbocycles. The molecule has 0 aliphatic carbocycles. The van der Waals surface area contributed by atoms with Crippen molar-refractivity contribution in [2.45, 2.75) is 13.0 Å². The number of tetrazole rings is 1. The molecule has 0 spiro atoms. The van der Waals surface area contributed by atoms with Crippen LogP contribution < -0.4 is 4.74 Å². The quantitative estimate of drug-likeness (QED) is 0.738. The van der Waals surface area contributed by atoms with Crippen molar-refractivity contribution in [3.63, 3.8) is 0 Å². The molecule has 9 heteroatoms. The van der Waals surface area contributed by atoms with Gasteiger partial charge in [-0.15, -0.1) is 15.3 Å². The first-order chi connectivity index (χ1) is 9.75. The van der Waals surface area contributed by atoms with Gasteiger partial charge in [0, 0.05) is 25.0 Å². The van der Waals surface area contributed by atoms with Gasteiger partial charge in [-0.2, -0.15) is 5.21 Å². The van der Waals surface area contributed by atoms with Crippen LogP contribution in [-0.4, -0.2) is 40.4 Å². The number of H-pyrrole nitrogens is 1. The van der Waals surface area contributed by atoms with Crippen LogP contribution in [0.4, 0.5) is 0 Å². The van der Waals surface area contributed by atoms with Crippen LogP contribution in [-0.2, 0) is 7.05 Å². The second kappa shape index (κ2) is 5.03. The van der Waals surface area contributed by atoms with Gasteiger partial charge in [-0.3, -0.25) is 9.55 Å². The fourth-order valence-electron chi connectivity index (χ4n) is 1.72. The summed E-state index contributed by atoms with van der Waals surface area (Å²) >= 11 is 0. The number of nitrogens with one attached hydrogen (secondary N) is 1. The monoisotopic (exact) mass is 272 g/mol. The Morgan fingerprint density at radius 2 is 2.00 bits per heavy atom. The number of aromatic amines is 1. The van der Waals surface area contributed by atoms with E-state index in [1.807, 2.05) is 26.1 Å². The topological polar surface area (TPSA) is 107 Å². The summed E-state index contributed by atoms with van der Waals surface area (Å²) in [7, 11) is 1.83. The van der Waals surface area contributed by atoms with Crippen LogP contribution in [0.25, 0.3) is 11.4 Å². The predicted octanol–water partition coefficient (Wildman–Crippen LogP) is 0.530. The van der Waals surface area contributed by atoms with E-state index < -0.39 is 0 Å². The van der Waals surface area contributed by atoms with Crippen LogP contribution in [0.2, 0.25) is 0 Å². The molecule has 0 bridgehead atoms. The van der Waals surface area contributed by atoms with Gasteiger partial charge in [0.1, 0.15) is 0 Å². The first-order valence-electron chi connectivity index (χ1n) is 5.95. The standard InChI is InChI=1S/C11H12N8O/c1-7(9-13-17-18-14-9)20-11-16-15-10(19(11)2)8-3-5-12-6-4-8/h3-7H,1-2H3,(H,13,14,17,18). The maximum atomic E-state index is 5.68. The molecule has 1 unspecified atom stereocenters. The summed E-state index contributed by atoms with van der Waals surface area (Å²) in [4.78, 5) is 3.97. The van der Waals surface area contributed by atoms with E-state index in [-0.39, 0.29) is 6.10 Å². The van der Waals surface area contributed by atoms with E-state index in [2.05, 4.69) is 35.8 Å². The second-order valence-electron chi connectivity index (χ2n) is 4.13. The molecule has 1 atom stereocenters. The second-order valence-corrected chi connectivity index (χ2v) is 4.13. The maximum Gasteiger partial charge on any atom is 0.317 e. The zero-order valence-corrected chi connectivity index (χ0v) is 10.9. The summed E-state index contributed by atoms with van der Waals surface area (Å²) in [6.07, 6.45) is 3.03. The number of hydrogen-bond donors (Lipinski definition) is 1. The van der Waals surface area contributed by atoms with Gasteiger partial charge < -0.3 is 4.74 Å². The Morgan fingerprint density at radius 1 is 1.20 bits per heavy atom. The molecule has 20 heavy (non-hydrogen) atoms. The smallest absolute Gasteiger partial charge is 0.317 e. The van der Waals surface area contributed by atoms with Crippen molar-refractivity contribution in [1.82, 2.24) is 40.4 Å². The molecule has 0 saturated heterocycles. The van der Waals surface area contributed by atoms with Crippen molar-refractivity contribution in [3.8, 4) is 17.4 Å². The van der Waals surface area contributed by atoms with Crippen LogP contribution >= 0.6 is 0 Å². The largest absolute Gasteiger partial charge is 0.452 e. The van der Waals surface area contributed by atoms with Crippen LogP contribution in [0.1, 0.15) is 18.9 Å². The van der Waals surface area contributed by atoms with Crippen molar-refractivity contribution in [1.29, 1.82) is 0 Å². The summed E-state index contributed by atoms with van der Waals surface area (Å²) in [5.74, 6) is 1.15. The lowest BCUT2D eigenvalue weighted by molar-refractivity contribution is 0.191. The lowest BCUT2D eigenvalue weighted by atomic mass is 10.2. The Hall–Kier alpha value is -2.84. The maximum absolute atomic E-state index is 5.68. The number of nitrogens with zero attached hydrogens (tertiary/aromatic N) is 7. The first-order valence-corrected chi connectivity index (χ1v) is 5.95. The van der Waals surface area contributed by atoms with Crippen LogP contribution in [0.3, 0.4) is 0 Å². The Bertz CT molecular complexity index is 678. The normalized spacial score (nSPS) is 12.3. The van der Waals surface area contributed by atoms with Gasteiger partial charge in [-0.25, -0.2) is 0 Å². The van der Waals surface area contributed by atoms with E-state index in [0.717, 1.165) is 5.56 Å². The minimum Gasteiger partial charge on any atom is -0.452 e. The van der Waals surface area contributed by atoms with E-state index in [4.69, 9.17) is 4.74 Å². The molecule has 0 fully saturated rings. The summed E-state index contributed by atoms with van der Waals surface area (Å²) in [5.41, 5.74) is 0.914. The average Bonchev–Trinajstić information content (AvgIpc) is 3.11. The molecule has 3 heterocycles. The molecule has 0 amide bonds. The van der Waals surface area contributed by atoms with Crippen molar-refractivity contribution < 1.29 is 4.74 Å². The van der Waals surface area contributed by atoms with Crippen molar-refractivity contribution in [2.75, 3.05) is 0 Å². The summed E-state index contributed by atoms with van der Waals surface area (Å²) < 4.78 is 7.44. The molecule has 0 radical (unpaired) electrons. The highest BCUT2D eigenvalue weighted by molar-refractivity contribution is 5.54. The van der Waals surface area contributed by atoms with Crippen LogP contribution in [0.5, 0.6) is 6.01 Å². The van der Waals surface area contributed by atoms with Crippen molar-refractivity contribution in [2.24, 2.45) is 7.05 Å². The summed E-state index contributed by atoms with van der Waals surface area (Å²) in [5, 5.41) is 21.8. The van der Waals surface area contributed by atoms with E-state index >= 15 is 0 Å². The van der Waals surface area contributed by atoms with E-state index in [0.29, 0.717) is 17.7 Å². The third kappa shape index (κ3) is 2.20. The highest BCUT2D eigenvalue weighted by Gasteiger charge is 2.17. The minimum atomic E-state index is -0.373. The first kappa shape index (κ1) is 12.2. The third-order valence-corrected chi connectivity index (χ3v) is 2.78. The minimum absolute atomic E-state index is 0.373. The SMILES string of the molecule is CC(Oc1nnc(-c2ccncc2)n1C)c1nn[nH]n1. The molecular weight excluding hydrogens is 260 g/mol.